The Morgan fingerprint density at radius 3 is 2.39 bits per heavy atom. The molecule has 0 amide bonds. The molecule has 2 aromatic heterocycles. The van der Waals surface area contributed by atoms with E-state index >= 15 is 0 Å². The highest BCUT2D eigenvalue weighted by molar-refractivity contribution is 5.73. The van der Waals surface area contributed by atoms with Crippen molar-refractivity contribution >= 4 is 17.1 Å². The van der Waals surface area contributed by atoms with Crippen molar-refractivity contribution in [1.29, 1.82) is 0 Å². The first-order valence-electron chi connectivity index (χ1n) is 7.11. The molecule has 4 aromatic rings. The molecule has 112 valence electrons. The first-order valence-corrected chi connectivity index (χ1v) is 7.11. The number of hydrogen-bond acceptors (Lipinski definition) is 4. The zero-order valence-corrected chi connectivity index (χ0v) is 12.1. The van der Waals surface area contributed by atoms with Crippen molar-refractivity contribution in [3.63, 3.8) is 0 Å². The van der Waals surface area contributed by atoms with E-state index in [1.54, 1.807) is 10.9 Å². The number of imidazole rings is 1. The molecular weight excluding hydrogens is 290 g/mol. The maximum absolute atomic E-state index is 11.8. The number of benzene rings is 2. The molecule has 4 rings (SSSR count). The molecule has 0 aliphatic carbocycles. The molecule has 0 saturated carbocycles. The number of aromatic amines is 1. The van der Waals surface area contributed by atoms with Gasteiger partial charge in [0.15, 0.2) is 11.2 Å². The lowest BCUT2D eigenvalue weighted by molar-refractivity contribution is 1.06. The van der Waals surface area contributed by atoms with Crippen LogP contribution in [0.4, 0.5) is 5.95 Å². The molecule has 0 radical (unpaired) electrons. The standard InChI is InChI=1S/C17H13N5O/c18-17-20-15-14(16(23)21-17)19-10-22(15)13-8-6-12(7-9-13)11-4-2-1-3-5-11/h1-10H,(H3,18,20,21,23). The van der Waals surface area contributed by atoms with Gasteiger partial charge in [0.25, 0.3) is 5.56 Å². The van der Waals surface area contributed by atoms with Crippen molar-refractivity contribution in [2.45, 2.75) is 0 Å². The van der Waals surface area contributed by atoms with E-state index in [9.17, 15) is 4.79 Å². The maximum Gasteiger partial charge on any atom is 0.280 e. The van der Waals surface area contributed by atoms with Crippen LogP contribution >= 0.6 is 0 Å². The Bertz CT molecular complexity index is 1030. The minimum Gasteiger partial charge on any atom is -0.369 e. The first kappa shape index (κ1) is 13.3. The average Bonchev–Trinajstić information content (AvgIpc) is 3.00. The second-order valence-corrected chi connectivity index (χ2v) is 5.15. The number of nitrogen functional groups attached to an aromatic ring is 1. The molecule has 0 atom stereocenters. The molecule has 3 N–H and O–H groups in total. The Morgan fingerprint density at radius 2 is 1.65 bits per heavy atom. The van der Waals surface area contributed by atoms with Crippen LogP contribution in [0.15, 0.2) is 65.7 Å². The minimum absolute atomic E-state index is 0.0742. The van der Waals surface area contributed by atoms with Crippen molar-refractivity contribution in [1.82, 2.24) is 19.5 Å². The number of hydrogen-bond donors (Lipinski definition) is 2. The van der Waals surface area contributed by atoms with Gasteiger partial charge in [0, 0.05) is 5.69 Å². The quantitative estimate of drug-likeness (QED) is 0.595. The lowest BCUT2D eigenvalue weighted by Gasteiger charge is -2.06. The summed E-state index contributed by atoms with van der Waals surface area (Å²) in [4.78, 5) is 22.6. The Kier molecular flexibility index (Phi) is 2.94. The van der Waals surface area contributed by atoms with E-state index in [-0.39, 0.29) is 17.0 Å². The van der Waals surface area contributed by atoms with Crippen LogP contribution in [0.5, 0.6) is 0 Å². The van der Waals surface area contributed by atoms with Gasteiger partial charge in [-0.1, -0.05) is 42.5 Å². The zero-order valence-electron chi connectivity index (χ0n) is 12.1. The Hall–Kier alpha value is -3.41. The summed E-state index contributed by atoms with van der Waals surface area (Å²) in [6, 6.07) is 18.1. The van der Waals surface area contributed by atoms with Crippen LogP contribution in [0.2, 0.25) is 0 Å². The summed E-state index contributed by atoms with van der Waals surface area (Å²) in [5.41, 5.74) is 9.12. The molecule has 0 aliphatic rings. The van der Waals surface area contributed by atoms with E-state index in [2.05, 4.69) is 27.1 Å². The smallest absolute Gasteiger partial charge is 0.280 e. The number of nitrogens with zero attached hydrogens (tertiary/aromatic N) is 3. The Balaban J connectivity index is 1.81. The van der Waals surface area contributed by atoms with E-state index in [1.807, 2.05) is 42.5 Å². The van der Waals surface area contributed by atoms with E-state index in [1.165, 1.54) is 0 Å². The van der Waals surface area contributed by atoms with Crippen LogP contribution in [-0.2, 0) is 0 Å². The fourth-order valence-electron chi connectivity index (χ4n) is 2.56. The summed E-state index contributed by atoms with van der Waals surface area (Å²) < 4.78 is 1.75. The molecule has 0 fully saturated rings. The van der Waals surface area contributed by atoms with Crippen molar-refractivity contribution in [3.05, 3.63) is 71.3 Å². The normalized spacial score (nSPS) is 11.0. The molecule has 6 heteroatoms. The fraction of sp³-hybridized carbons (Fsp3) is 0. The summed E-state index contributed by atoms with van der Waals surface area (Å²) in [6.45, 7) is 0. The van der Waals surface area contributed by atoms with Crippen LogP contribution < -0.4 is 11.3 Å². The van der Waals surface area contributed by atoms with Crippen molar-refractivity contribution < 1.29 is 0 Å². The van der Waals surface area contributed by atoms with Gasteiger partial charge in [0.05, 0.1) is 0 Å². The van der Waals surface area contributed by atoms with E-state index < -0.39 is 0 Å². The number of anilines is 1. The van der Waals surface area contributed by atoms with Gasteiger partial charge >= 0.3 is 0 Å². The van der Waals surface area contributed by atoms with Crippen molar-refractivity contribution in [3.8, 4) is 16.8 Å². The Labute approximate surface area is 131 Å². The number of rotatable bonds is 2. The maximum atomic E-state index is 11.8. The Morgan fingerprint density at radius 1 is 0.957 bits per heavy atom. The molecular formula is C17H13N5O. The van der Waals surface area contributed by atoms with E-state index in [0.717, 1.165) is 16.8 Å². The topological polar surface area (TPSA) is 89.6 Å². The fourth-order valence-corrected chi connectivity index (χ4v) is 2.56. The molecule has 0 spiro atoms. The molecule has 2 heterocycles. The van der Waals surface area contributed by atoms with Crippen LogP contribution in [0.3, 0.4) is 0 Å². The third-order valence-electron chi connectivity index (χ3n) is 3.68. The number of aromatic nitrogens is 4. The van der Waals surface area contributed by atoms with Gasteiger partial charge < -0.3 is 5.73 Å². The van der Waals surface area contributed by atoms with Crippen LogP contribution in [0.25, 0.3) is 28.0 Å². The van der Waals surface area contributed by atoms with Crippen LogP contribution in [0, 0.1) is 0 Å². The van der Waals surface area contributed by atoms with Crippen LogP contribution in [-0.4, -0.2) is 19.5 Å². The van der Waals surface area contributed by atoms with Gasteiger partial charge in [-0.05, 0) is 23.3 Å². The highest BCUT2D eigenvalue weighted by atomic mass is 16.1. The predicted octanol–water partition coefficient (Wildman–Crippen LogP) is 2.36. The molecule has 0 bridgehead atoms. The number of H-pyrrole nitrogens is 1. The molecule has 0 aliphatic heterocycles. The number of nitrogens with one attached hydrogen (secondary N) is 1. The van der Waals surface area contributed by atoms with Crippen molar-refractivity contribution in [2.24, 2.45) is 0 Å². The van der Waals surface area contributed by atoms with Gasteiger partial charge in [0.2, 0.25) is 5.95 Å². The van der Waals surface area contributed by atoms with E-state index in [4.69, 9.17) is 5.73 Å². The van der Waals surface area contributed by atoms with Crippen LogP contribution in [0.1, 0.15) is 0 Å². The summed E-state index contributed by atoms with van der Waals surface area (Å²) in [7, 11) is 0. The highest BCUT2D eigenvalue weighted by Crippen LogP contribution is 2.22. The SMILES string of the molecule is Nc1nc2c(ncn2-c2ccc(-c3ccccc3)cc2)c(=O)[nH]1. The summed E-state index contributed by atoms with van der Waals surface area (Å²) in [5.74, 6) is 0.0742. The number of fused-ring (bicyclic) bond motifs is 1. The zero-order chi connectivity index (χ0) is 15.8. The molecule has 0 unspecified atom stereocenters. The summed E-state index contributed by atoms with van der Waals surface area (Å²) in [6.07, 6.45) is 1.57. The monoisotopic (exact) mass is 303 g/mol. The third kappa shape index (κ3) is 2.26. The largest absolute Gasteiger partial charge is 0.369 e. The molecule has 6 nitrogen and oxygen atoms in total. The van der Waals surface area contributed by atoms with Gasteiger partial charge in [0.1, 0.15) is 6.33 Å². The van der Waals surface area contributed by atoms with E-state index in [0.29, 0.717) is 5.65 Å². The lowest BCUT2D eigenvalue weighted by Crippen LogP contribution is -2.11. The third-order valence-corrected chi connectivity index (χ3v) is 3.68. The average molecular weight is 303 g/mol. The van der Waals surface area contributed by atoms with Gasteiger partial charge in [-0.15, -0.1) is 0 Å². The second-order valence-electron chi connectivity index (χ2n) is 5.15. The van der Waals surface area contributed by atoms with Gasteiger partial charge in [-0.3, -0.25) is 14.3 Å². The van der Waals surface area contributed by atoms with Crippen molar-refractivity contribution in [2.75, 3.05) is 5.73 Å². The lowest BCUT2D eigenvalue weighted by atomic mass is 10.1. The summed E-state index contributed by atoms with van der Waals surface area (Å²) in [5, 5.41) is 0. The highest BCUT2D eigenvalue weighted by Gasteiger charge is 2.10. The van der Waals surface area contributed by atoms with Gasteiger partial charge in [-0.25, -0.2) is 4.98 Å². The minimum atomic E-state index is -0.341. The summed E-state index contributed by atoms with van der Waals surface area (Å²) >= 11 is 0. The molecule has 2 aromatic carbocycles. The molecule has 0 saturated heterocycles. The second kappa shape index (κ2) is 5.10. The molecule has 23 heavy (non-hydrogen) atoms. The van der Waals surface area contributed by atoms with Gasteiger partial charge in [-0.2, -0.15) is 4.98 Å². The first-order chi connectivity index (χ1) is 11.2. The predicted molar refractivity (Wildman–Crippen MR) is 89.3 cm³/mol. The number of nitrogens with two attached hydrogens (primary N) is 1.